The second-order valence-electron chi connectivity index (χ2n) is 5.36. The van der Waals surface area contributed by atoms with Gasteiger partial charge in [-0.25, -0.2) is 4.39 Å². The third kappa shape index (κ3) is 5.85. The molecule has 0 aliphatic heterocycles. The second kappa shape index (κ2) is 10.1. The zero-order valence-corrected chi connectivity index (χ0v) is 16.4. The third-order valence-corrected chi connectivity index (χ3v) is 3.76. The van der Waals surface area contributed by atoms with Gasteiger partial charge in [0.25, 0.3) is 5.91 Å². The lowest BCUT2D eigenvalue weighted by Gasteiger charge is -2.12. The van der Waals surface area contributed by atoms with Gasteiger partial charge in [-0.3, -0.25) is 15.6 Å². The quantitative estimate of drug-likeness (QED) is 0.387. The lowest BCUT2D eigenvalue weighted by atomic mass is 10.1. The summed E-state index contributed by atoms with van der Waals surface area (Å²) in [6, 6.07) is 8.99. The van der Waals surface area contributed by atoms with Crippen LogP contribution in [0.1, 0.15) is 5.56 Å². The summed E-state index contributed by atoms with van der Waals surface area (Å²) >= 11 is 5.06. The molecular formula is C19H20FN3O4S. The normalized spacial score (nSPS) is 10.3. The van der Waals surface area contributed by atoms with E-state index in [0.29, 0.717) is 28.5 Å². The number of halogens is 1. The van der Waals surface area contributed by atoms with Crippen molar-refractivity contribution in [1.29, 1.82) is 0 Å². The highest BCUT2D eigenvalue weighted by Gasteiger charge is 2.10. The molecule has 148 valence electrons. The number of anilines is 1. The summed E-state index contributed by atoms with van der Waals surface area (Å²) in [7, 11) is 4.55. The molecule has 0 fully saturated rings. The lowest BCUT2D eigenvalue weighted by Crippen LogP contribution is -2.43. The van der Waals surface area contributed by atoms with Gasteiger partial charge >= 0.3 is 0 Å². The predicted octanol–water partition coefficient (Wildman–Crippen LogP) is 2.88. The van der Waals surface area contributed by atoms with Crippen LogP contribution in [0.3, 0.4) is 0 Å². The number of carbonyl (C=O) groups is 1. The molecule has 0 aromatic heterocycles. The Morgan fingerprint density at radius 2 is 1.57 bits per heavy atom. The highest BCUT2D eigenvalue weighted by Crippen LogP contribution is 2.35. The number of methoxy groups -OCH3 is 3. The van der Waals surface area contributed by atoms with Gasteiger partial charge in [0.15, 0.2) is 16.6 Å². The van der Waals surface area contributed by atoms with Crippen LogP contribution in [-0.4, -0.2) is 32.3 Å². The van der Waals surface area contributed by atoms with Crippen LogP contribution in [0.15, 0.2) is 42.5 Å². The van der Waals surface area contributed by atoms with Crippen LogP contribution in [0.25, 0.3) is 6.08 Å². The minimum Gasteiger partial charge on any atom is -0.496 e. The molecule has 0 unspecified atom stereocenters. The Kier molecular flexibility index (Phi) is 7.58. The Labute approximate surface area is 167 Å². The van der Waals surface area contributed by atoms with E-state index in [4.69, 9.17) is 26.4 Å². The molecule has 28 heavy (non-hydrogen) atoms. The van der Waals surface area contributed by atoms with Gasteiger partial charge in [0.2, 0.25) is 0 Å². The van der Waals surface area contributed by atoms with E-state index < -0.39 is 5.91 Å². The smallest absolute Gasteiger partial charge is 0.262 e. The first-order valence-electron chi connectivity index (χ1n) is 8.07. The van der Waals surface area contributed by atoms with Crippen LogP contribution in [0.2, 0.25) is 0 Å². The maximum absolute atomic E-state index is 12.9. The Balaban J connectivity index is 1.95. The summed E-state index contributed by atoms with van der Waals surface area (Å²) in [5.74, 6) is 0.739. The Bertz CT molecular complexity index is 872. The van der Waals surface area contributed by atoms with Crippen molar-refractivity contribution in [2.24, 2.45) is 0 Å². The van der Waals surface area contributed by atoms with Crippen molar-refractivity contribution < 1.29 is 23.4 Å². The van der Waals surface area contributed by atoms with E-state index in [9.17, 15) is 9.18 Å². The van der Waals surface area contributed by atoms with Crippen LogP contribution < -0.4 is 30.4 Å². The number of hydrogen-bond donors (Lipinski definition) is 3. The molecule has 0 atom stereocenters. The van der Waals surface area contributed by atoms with Crippen LogP contribution in [0, 0.1) is 5.82 Å². The van der Waals surface area contributed by atoms with Crippen LogP contribution in [0.4, 0.5) is 10.1 Å². The largest absolute Gasteiger partial charge is 0.496 e. The molecular weight excluding hydrogens is 385 g/mol. The van der Waals surface area contributed by atoms with Gasteiger partial charge in [0.05, 0.1) is 21.3 Å². The van der Waals surface area contributed by atoms with E-state index in [1.54, 1.807) is 18.2 Å². The monoisotopic (exact) mass is 405 g/mol. The minimum absolute atomic E-state index is 0.150. The van der Waals surface area contributed by atoms with Gasteiger partial charge < -0.3 is 19.5 Å². The summed E-state index contributed by atoms with van der Waals surface area (Å²) in [5.41, 5.74) is 6.18. The molecule has 1 amide bonds. The molecule has 9 heteroatoms. The molecule has 2 rings (SSSR count). The van der Waals surface area contributed by atoms with Crippen molar-refractivity contribution in [2.75, 3.05) is 26.6 Å². The number of carbonyl (C=O) groups excluding carboxylic acids is 1. The van der Waals surface area contributed by atoms with Crippen molar-refractivity contribution in [3.8, 4) is 17.2 Å². The van der Waals surface area contributed by atoms with Gasteiger partial charge in [-0.15, -0.1) is 0 Å². The molecule has 0 radical (unpaired) electrons. The number of amides is 1. The zero-order chi connectivity index (χ0) is 20.5. The molecule has 2 aromatic rings. The Morgan fingerprint density at radius 3 is 2.18 bits per heavy atom. The fraction of sp³-hybridized carbons (Fsp3) is 0.158. The van der Waals surface area contributed by atoms with E-state index in [2.05, 4.69) is 16.2 Å². The first kappa shape index (κ1) is 21.0. The van der Waals surface area contributed by atoms with Gasteiger partial charge in [-0.05, 0) is 48.6 Å². The van der Waals surface area contributed by atoms with Crippen molar-refractivity contribution in [2.45, 2.75) is 0 Å². The maximum Gasteiger partial charge on any atom is 0.262 e. The molecule has 7 nitrogen and oxygen atoms in total. The Hall–Kier alpha value is -3.33. The first-order chi connectivity index (χ1) is 13.5. The number of ether oxygens (including phenoxy) is 3. The minimum atomic E-state index is -0.444. The third-order valence-electron chi connectivity index (χ3n) is 3.55. The van der Waals surface area contributed by atoms with Crippen molar-refractivity contribution in [1.82, 2.24) is 10.9 Å². The van der Waals surface area contributed by atoms with E-state index >= 15 is 0 Å². The van der Waals surface area contributed by atoms with Gasteiger partial charge in [-0.1, -0.05) is 0 Å². The molecule has 0 heterocycles. The summed E-state index contributed by atoms with van der Waals surface area (Å²) in [4.78, 5) is 12.0. The van der Waals surface area contributed by atoms with Gasteiger partial charge in [0.1, 0.15) is 11.6 Å². The number of nitrogens with one attached hydrogen (secondary N) is 3. The molecule has 0 saturated heterocycles. The molecule has 3 N–H and O–H groups in total. The van der Waals surface area contributed by atoms with Crippen molar-refractivity contribution in [3.05, 3.63) is 53.9 Å². The molecule has 0 saturated carbocycles. The topological polar surface area (TPSA) is 80.9 Å². The molecule has 2 aromatic carbocycles. The average molecular weight is 405 g/mol. The van der Waals surface area contributed by atoms with Gasteiger partial charge in [0, 0.05) is 23.4 Å². The van der Waals surface area contributed by atoms with Crippen LogP contribution in [0.5, 0.6) is 17.2 Å². The summed E-state index contributed by atoms with van der Waals surface area (Å²) < 4.78 is 28.7. The molecule has 0 aliphatic carbocycles. The number of hydrogen-bond acceptors (Lipinski definition) is 5. The fourth-order valence-corrected chi connectivity index (χ4v) is 2.37. The second-order valence-corrected chi connectivity index (χ2v) is 5.77. The first-order valence-corrected chi connectivity index (χ1v) is 8.48. The lowest BCUT2D eigenvalue weighted by molar-refractivity contribution is -0.116. The summed E-state index contributed by atoms with van der Waals surface area (Å²) in [6.45, 7) is 0. The van der Waals surface area contributed by atoms with E-state index in [1.807, 2.05) is 0 Å². The number of thiocarbonyl (C=S) groups is 1. The highest BCUT2D eigenvalue weighted by molar-refractivity contribution is 7.80. The van der Waals surface area contributed by atoms with E-state index in [1.165, 1.54) is 51.7 Å². The Morgan fingerprint density at radius 1 is 0.964 bits per heavy atom. The fourth-order valence-electron chi connectivity index (χ4n) is 2.20. The molecule has 0 spiro atoms. The number of benzene rings is 2. The maximum atomic E-state index is 12.9. The van der Waals surface area contributed by atoms with Gasteiger partial charge in [-0.2, -0.15) is 0 Å². The highest BCUT2D eigenvalue weighted by atomic mass is 32.1. The van der Waals surface area contributed by atoms with Crippen LogP contribution >= 0.6 is 12.2 Å². The summed E-state index contributed by atoms with van der Waals surface area (Å²) in [5, 5.41) is 2.96. The molecule has 0 aliphatic rings. The van der Waals surface area contributed by atoms with Crippen LogP contribution in [-0.2, 0) is 4.79 Å². The number of rotatable bonds is 6. The van der Waals surface area contributed by atoms with Crippen molar-refractivity contribution >= 4 is 35.0 Å². The predicted molar refractivity (Wildman–Crippen MR) is 109 cm³/mol. The average Bonchev–Trinajstić information content (AvgIpc) is 2.71. The van der Waals surface area contributed by atoms with Crippen molar-refractivity contribution in [3.63, 3.8) is 0 Å². The molecule has 0 bridgehead atoms. The SMILES string of the molecule is COc1cc(OC)c(OC)cc1/C=C/C(=O)NNC(=S)Nc1ccc(F)cc1. The summed E-state index contributed by atoms with van der Waals surface area (Å²) in [6.07, 6.45) is 2.87. The number of hydrazine groups is 1. The van der Waals surface area contributed by atoms with E-state index in [0.717, 1.165) is 0 Å². The zero-order valence-electron chi connectivity index (χ0n) is 15.5. The standard InChI is InChI=1S/C19H20FN3O4S/c1-25-15-11-17(27-3)16(26-2)10-12(15)4-9-18(24)22-23-19(28)21-14-7-5-13(20)6-8-14/h4-11H,1-3H3,(H,22,24)(H2,21,23,28)/b9-4+. The van der Waals surface area contributed by atoms with E-state index in [-0.39, 0.29) is 10.9 Å².